The van der Waals surface area contributed by atoms with Crippen molar-refractivity contribution < 1.29 is 4.79 Å². The maximum absolute atomic E-state index is 12.5. The first-order chi connectivity index (χ1) is 9.54. The number of anilines is 1. The van der Waals surface area contributed by atoms with Crippen molar-refractivity contribution in [2.75, 3.05) is 5.73 Å². The van der Waals surface area contributed by atoms with E-state index in [1.165, 1.54) is 0 Å². The van der Waals surface area contributed by atoms with E-state index in [9.17, 15) is 4.79 Å². The summed E-state index contributed by atoms with van der Waals surface area (Å²) >= 11 is 0. The van der Waals surface area contributed by atoms with Crippen molar-refractivity contribution in [3.8, 4) is 0 Å². The van der Waals surface area contributed by atoms with E-state index in [-0.39, 0.29) is 11.9 Å². The second-order valence-corrected chi connectivity index (χ2v) is 5.33. The Balaban J connectivity index is 2.38. The van der Waals surface area contributed by atoms with Crippen LogP contribution in [0.4, 0.5) is 5.82 Å². The van der Waals surface area contributed by atoms with E-state index in [0.29, 0.717) is 17.3 Å². The zero-order chi connectivity index (χ0) is 14.7. The van der Waals surface area contributed by atoms with Crippen LogP contribution >= 0.6 is 0 Å². The highest BCUT2D eigenvalue weighted by atomic mass is 16.1. The summed E-state index contributed by atoms with van der Waals surface area (Å²) < 4.78 is 0. The van der Waals surface area contributed by atoms with Crippen LogP contribution in [0.25, 0.3) is 10.8 Å². The predicted molar refractivity (Wildman–Crippen MR) is 82.5 cm³/mol. The van der Waals surface area contributed by atoms with Crippen LogP contribution in [0.5, 0.6) is 0 Å². The number of pyridine rings is 1. The minimum absolute atomic E-state index is 0.0887. The van der Waals surface area contributed by atoms with Gasteiger partial charge in [-0.05, 0) is 17.7 Å². The van der Waals surface area contributed by atoms with Crippen molar-refractivity contribution in [1.82, 2.24) is 10.3 Å². The molecule has 0 radical (unpaired) electrons. The molecular weight excluding hydrogens is 250 g/mol. The van der Waals surface area contributed by atoms with Crippen molar-refractivity contribution in [2.45, 2.75) is 33.2 Å². The smallest absolute Gasteiger partial charge is 0.253 e. The highest BCUT2D eigenvalue weighted by molar-refractivity contribution is 6.09. The van der Waals surface area contributed by atoms with Crippen LogP contribution in [-0.2, 0) is 0 Å². The van der Waals surface area contributed by atoms with Gasteiger partial charge in [0.25, 0.3) is 5.91 Å². The number of fused-ring (bicyclic) bond motifs is 1. The lowest BCUT2D eigenvalue weighted by molar-refractivity contribution is 0.0926. The van der Waals surface area contributed by atoms with E-state index < -0.39 is 0 Å². The molecule has 1 unspecified atom stereocenters. The molecule has 2 rings (SSSR count). The molecule has 20 heavy (non-hydrogen) atoms. The fraction of sp³-hybridized carbons (Fsp3) is 0.375. The van der Waals surface area contributed by atoms with Crippen molar-refractivity contribution in [3.63, 3.8) is 0 Å². The number of nitrogens with one attached hydrogen (secondary N) is 1. The topological polar surface area (TPSA) is 68.0 Å². The van der Waals surface area contributed by atoms with Crippen LogP contribution in [-0.4, -0.2) is 16.9 Å². The lowest BCUT2D eigenvalue weighted by Crippen LogP contribution is -2.38. The van der Waals surface area contributed by atoms with E-state index in [2.05, 4.69) is 31.1 Å². The summed E-state index contributed by atoms with van der Waals surface area (Å²) in [6.45, 7) is 6.28. The highest BCUT2D eigenvalue weighted by Crippen LogP contribution is 2.22. The Bertz CT molecular complexity index is 622. The molecule has 0 aliphatic heterocycles. The Morgan fingerprint density at radius 3 is 2.55 bits per heavy atom. The van der Waals surface area contributed by atoms with E-state index in [1.807, 2.05) is 24.3 Å². The average molecular weight is 271 g/mol. The van der Waals surface area contributed by atoms with Crippen LogP contribution in [0.3, 0.4) is 0 Å². The fourth-order valence-electron chi connectivity index (χ4n) is 2.38. The molecule has 0 saturated carbocycles. The Kier molecular flexibility index (Phi) is 4.23. The number of nitrogens with two attached hydrogens (primary N) is 1. The number of carbonyl (C=O) groups is 1. The normalized spacial score (nSPS) is 12.6. The molecule has 1 heterocycles. The molecule has 1 aromatic heterocycles. The van der Waals surface area contributed by atoms with Gasteiger partial charge >= 0.3 is 0 Å². The van der Waals surface area contributed by atoms with Crippen LogP contribution in [0, 0.1) is 5.92 Å². The van der Waals surface area contributed by atoms with Gasteiger partial charge in [-0.1, -0.05) is 45.0 Å². The molecule has 0 saturated heterocycles. The van der Waals surface area contributed by atoms with Crippen LogP contribution < -0.4 is 11.1 Å². The summed E-state index contributed by atoms with van der Waals surface area (Å²) in [5.74, 6) is 0.763. The number of nitrogens with zero attached hydrogens (tertiary/aromatic N) is 1. The van der Waals surface area contributed by atoms with Gasteiger partial charge in [0.1, 0.15) is 5.82 Å². The molecule has 1 atom stereocenters. The lowest BCUT2D eigenvalue weighted by atomic mass is 10.0. The second-order valence-electron chi connectivity index (χ2n) is 5.33. The molecule has 106 valence electrons. The van der Waals surface area contributed by atoms with Crippen molar-refractivity contribution in [2.24, 2.45) is 5.92 Å². The summed E-state index contributed by atoms with van der Waals surface area (Å²) in [5, 5.41) is 4.74. The molecule has 3 N–H and O–H groups in total. The van der Waals surface area contributed by atoms with Crippen LogP contribution in [0.1, 0.15) is 37.6 Å². The summed E-state index contributed by atoms with van der Waals surface area (Å²) in [4.78, 5) is 16.6. The van der Waals surface area contributed by atoms with Gasteiger partial charge in [-0.15, -0.1) is 0 Å². The minimum Gasteiger partial charge on any atom is -0.383 e. The van der Waals surface area contributed by atoms with Crippen molar-refractivity contribution >= 4 is 22.5 Å². The Labute approximate surface area is 119 Å². The zero-order valence-electron chi connectivity index (χ0n) is 12.2. The summed E-state index contributed by atoms with van der Waals surface area (Å²) in [5.41, 5.74) is 6.44. The molecule has 0 aliphatic carbocycles. The average Bonchev–Trinajstić information content (AvgIpc) is 2.45. The van der Waals surface area contributed by atoms with Gasteiger partial charge < -0.3 is 11.1 Å². The Hall–Kier alpha value is -2.10. The summed E-state index contributed by atoms with van der Waals surface area (Å²) in [6, 6.07) is 7.75. The summed E-state index contributed by atoms with van der Waals surface area (Å²) in [6.07, 6.45) is 2.46. The standard InChI is InChI=1S/C16H21N3O/c1-4-14(10(2)3)19-16(20)13-9-18-15(17)12-8-6-5-7-11(12)13/h5-10,14H,4H2,1-3H3,(H2,17,18)(H,19,20). The molecule has 0 spiro atoms. The number of hydrogen-bond acceptors (Lipinski definition) is 3. The zero-order valence-corrected chi connectivity index (χ0v) is 12.2. The maximum Gasteiger partial charge on any atom is 0.253 e. The number of hydrogen-bond donors (Lipinski definition) is 2. The molecule has 0 aliphatic rings. The predicted octanol–water partition coefficient (Wildman–Crippen LogP) is 2.98. The molecule has 4 nitrogen and oxygen atoms in total. The number of benzene rings is 1. The first-order valence-electron chi connectivity index (χ1n) is 6.98. The quantitative estimate of drug-likeness (QED) is 0.898. The third-order valence-electron chi connectivity index (χ3n) is 3.63. The van der Waals surface area contributed by atoms with Gasteiger partial charge in [0.05, 0.1) is 5.56 Å². The van der Waals surface area contributed by atoms with Gasteiger partial charge in [0.2, 0.25) is 0 Å². The van der Waals surface area contributed by atoms with Gasteiger partial charge in [0.15, 0.2) is 0 Å². The van der Waals surface area contributed by atoms with Crippen molar-refractivity contribution in [3.05, 3.63) is 36.0 Å². The first-order valence-corrected chi connectivity index (χ1v) is 6.98. The SMILES string of the molecule is CCC(NC(=O)c1cnc(N)c2ccccc12)C(C)C. The fourth-order valence-corrected chi connectivity index (χ4v) is 2.38. The molecule has 2 aromatic rings. The van der Waals surface area contributed by atoms with Gasteiger partial charge in [0, 0.05) is 17.6 Å². The molecular formula is C16H21N3O. The first kappa shape index (κ1) is 14.3. The lowest BCUT2D eigenvalue weighted by Gasteiger charge is -2.21. The maximum atomic E-state index is 12.5. The monoisotopic (exact) mass is 271 g/mol. The van der Waals surface area contributed by atoms with E-state index in [1.54, 1.807) is 6.20 Å². The van der Waals surface area contributed by atoms with Gasteiger partial charge in [-0.25, -0.2) is 4.98 Å². The van der Waals surface area contributed by atoms with E-state index in [4.69, 9.17) is 5.73 Å². The number of nitrogen functional groups attached to an aromatic ring is 1. The molecule has 1 aromatic carbocycles. The third kappa shape index (κ3) is 2.74. The second kappa shape index (κ2) is 5.90. The third-order valence-corrected chi connectivity index (χ3v) is 3.63. The molecule has 1 amide bonds. The Morgan fingerprint density at radius 2 is 1.95 bits per heavy atom. The molecule has 0 fully saturated rings. The van der Waals surface area contributed by atoms with E-state index in [0.717, 1.165) is 17.2 Å². The largest absolute Gasteiger partial charge is 0.383 e. The number of aromatic nitrogens is 1. The van der Waals surface area contributed by atoms with Crippen LogP contribution in [0.15, 0.2) is 30.5 Å². The Morgan fingerprint density at radius 1 is 1.30 bits per heavy atom. The number of amides is 1. The van der Waals surface area contributed by atoms with Crippen LogP contribution in [0.2, 0.25) is 0 Å². The van der Waals surface area contributed by atoms with Crippen molar-refractivity contribution in [1.29, 1.82) is 0 Å². The number of carbonyl (C=O) groups excluding carboxylic acids is 1. The highest BCUT2D eigenvalue weighted by Gasteiger charge is 2.17. The minimum atomic E-state index is -0.0887. The van der Waals surface area contributed by atoms with Gasteiger partial charge in [-0.3, -0.25) is 4.79 Å². The van der Waals surface area contributed by atoms with E-state index >= 15 is 0 Å². The number of rotatable bonds is 4. The molecule has 4 heteroatoms. The van der Waals surface area contributed by atoms with Gasteiger partial charge in [-0.2, -0.15) is 0 Å². The molecule has 0 bridgehead atoms. The summed E-state index contributed by atoms with van der Waals surface area (Å²) in [7, 11) is 0.